The minimum absolute atomic E-state index is 0.00553. The van der Waals surface area contributed by atoms with Crippen molar-refractivity contribution in [3.8, 4) is 6.07 Å². The number of piperidine rings is 1. The Bertz CT molecular complexity index is 783. The fourth-order valence-electron chi connectivity index (χ4n) is 2.98. The maximum Gasteiger partial charge on any atom is 0.293 e. The van der Waals surface area contributed by atoms with Gasteiger partial charge in [0.1, 0.15) is 10.9 Å². The van der Waals surface area contributed by atoms with Crippen molar-refractivity contribution in [3.63, 3.8) is 0 Å². The summed E-state index contributed by atoms with van der Waals surface area (Å²) in [6.45, 7) is 5.09. The summed E-state index contributed by atoms with van der Waals surface area (Å²) in [5.74, 6) is 0.565. The van der Waals surface area contributed by atoms with Crippen molar-refractivity contribution in [3.05, 3.63) is 44.6 Å². The number of hydrogen-bond acceptors (Lipinski definition) is 6. The van der Waals surface area contributed by atoms with E-state index in [-0.39, 0.29) is 5.56 Å². The van der Waals surface area contributed by atoms with E-state index >= 15 is 0 Å². The van der Waals surface area contributed by atoms with E-state index in [1.165, 1.54) is 16.2 Å². The molecular formula is C17H21N5OS. The fourth-order valence-corrected chi connectivity index (χ4v) is 3.73. The summed E-state index contributed by atoms with van der Waals surface area (Å²) in [6.07, 6.45) is 5.40. The maximum absolute atomic E-state index is 12.3. The minimum Gasteiger partial charge on any atom is -0.352 e. The highest BCUT2D eigenvalue weighted by atomic mass is 32.1. The van der Waals surface area contributed by atoms with Crippen LogP contribution in [0.2, 0.25) is 0 Å². The number of hydrogen-bond donors (Lipinski definition) is 1. The predicted octanol–water partition coefficient (Wildman–Crippen LogP) is 1.95. The topological polar surface area (TPSA) is 74.0 Å². The van der Waals surface area contributed by atoms with E-state index in [1.807, 2.05) is 19.1 Å². The van der Waals surface area contributed by atoms with Crippen LogP contribution in [0.1, 0.15) is 29.5 Å². The standard InChI is InChI=1S/C17H21N5OS/c1-2-21-10-7-19-16(17(21)23)22-8-5-13(6-9-22)20-12-15-4-3-14(11-18)24-15/h3-4,7,10,13,20H,2,5-6,8-9,12H2,1H3. The zero-order chi connectivity index (χ0) is 16.9. The zero-order valence-electron chi connectivity index (χ0n) is 13.7. The molecule has 126 valence electrons. The summed E-state index contributed by atoms with van der Waals surface area (Å²) < 4.78 is 1.69. The van der Waals surface area contributed by atoms with Crippen molar-refractivity contribution in [1.82, 2.24) is 14.9 Å². The van der Waals surface area contributed by atoms with Gasteiger partial charge >= 0.3 is 0 Å². The summed E-state index contributed by atoms with van der Waals surface area (Å²) in [7, 11) is 0. The molecule has 1 saturated heterocycles. The number of thiophene rings is 1. The summed E-state index contributed by atoms with van der Waals surface area (Å²) >= 11 is 1.54. The molecule has 0 bridgehead atoms. The van der Waals surface area contributed by atoms with Gasteiger partial charge in [-0.25, -0.2) is 4.98 Å². The van der Waals surface area contributed by atoms with E-state index in [1.54, 1.807) is 17.0 Å². The Balaban J connectivity index is 1.54. The first-order valence-corrected chi connectivity index (χ1v) is 9.05. The van der Waals surface area contributed by atoms with E-state index in [0.29, 0.717) is 18.4 Å². The first kappa shape index (κ1) is 16.7. The third-order valence-electron chi connectivity index (χ3n) is 4.37. The van der Waals surface area contributed by atoms with Gasteiger partial charge in [0.2, 0.25) is 0 Å². The molecule has 2 aromatic rings. The molecule has 1 N–H and O–H groups in total. The lowest BCUT2D eigenvalue weighted by Crippen LogP contribution is -2.44. The Morgan fingerprint density at radius 3 is 2.88 bits per heavy atom. The van der Waals surface area contributed by atoms with Gasteiger partial charge in [0.05, 0.1) is 0 Å². The molecule has 7 heteroatoms. The molecule has 0 spiro atoms. The highest BCUT2D eigenvalue weighted by Gasteiger charge is 2.22. The molecule has 2 aromatic heterocycles. The largest absolute Gasteiger partial charge is 0.352 e. The molecule has 6 nitrogen and oxygen atoms in total. The van der Waals surface area contributed by atoms with Crippen molar-refractivity contribution < 1.29 is 0 Å². The SMILES string of the molecule is CCn1ccnc(N2CCC(NCc3ccc(C#N)s3)CC2)c1=O. The lowest BCUT2D eigenvalue weighted by atomic mass is 10.1. The second-order valence-electron chi connectivity index (χ2n) is 5.86. The van der Waals surface area contributed by atoms with Crippen LogP contribution in [0.5, 0.6) is 0 Å². The summed E-state index contributed by atoms with van der Waals surface area (Å²) in [5, 5.41) is 12.4. The highest BCUT2D eigenvalue weighted by Crippen LogP contribution is 2.18. The second kappa shape index (κ2) is 7.60. The van der Waals surface area contributed by atoms with Crippen LogP contribution in [0.3, 0.4) is 0 Å². The van der Waals surface area contributed by atoms with Gasteiger partial charge in [0.25, 0.3) is 5.56 Å². The molecule has 3 rings (SSSR count). The van der Waals surface area contributed by atoms with E-state index < -0.39 is 0 Å². The van der Waals surface area contributed by atoms with Gasteiger partial charge in [-0.2, -0.15) is 5.26 Å². The van der Waals surface area contributed by atoms with Crippen LogP contribution in [0.15, 0.2) is 29.3 Å². The number of nitrogens with one attached hydrogen (secondary N) is 1. The van der Waals surface area contributed by atoms with Crippen LogP contribution in [-0.4, -0.2) is 28.7 Å². The number of aryl methyl sites for hydroxylation is 1. The monoisotopic (exact) mass is 343 g/mol. The van der Waals surface area contributed by atoms with E-state index in [0.717, 1.165) is 37.4 Å². The third-order valence-corrected chi connectivity index (χ3v) is 5.36. The number of rotatable bonds is 5. The minimum atomic E-state index is -0.00553. The molecule has 24 heavy (non-hydrogen) atoms. The van der Waals surface area contributed by atoms with Crippen LogP contribution in [-0.2, 0) is 13.1 Å². The number of aromatic nitrogens is 2. The smallest absolute Gasteiger partial charge is 0.293 e. The molecule has 1 aliphatic heterocycles. The van der Waals surface area contributed by atoms with Crippen molar-refractivity contribution in [1.29, 1.82) is 5.26 Å². The van der Waals surface area contributed by atoms with Gasteiger partial charge in [-0.1, -0.05) is 0 Å². The van der Waals surface area contributed by atoms with Gasteiger partial charge in [-0.3, -0.25) is 4.79 Å². The van der Waals surface area contributed by atoms with Gasteiger partial charge in [-0.05, 0) is 31.9 Å². The molecule has 0 aliphatic carbocycles. The molecule has 1 aliphatic rings. The Kier molecular flexibility index (Phi) is 5.28. The van der Waals surface area contributed by atoms with Crippen LogP contribution >= 0.6 is 11.3 Å². The van der Waals surface area contributed by atoms with Crippen molar-refractivity contribution in [2.45, 2.75) is 38.9 Å². The first-order chi connectivity index (χ1) is 11.7. The molecule has 0 radical (unpaired) electrons. The molecule has 0 atom stereocenters. The van der Waals surface area contributed by atoms with Gasteiger partial charge in [0.15, 0.2) is 5.82 Å². The van der Waals surface area contributed by atoms with Crippen LogP contribution < -0.4 is 15.8 Å². The number of nitriles is 1. The highest BCUT2D eigenvalue weighted by molar-refractivity contribution is 7.12. The van der Waals surface area contributed by atoms with E-state index in [2.05, 4.69) is 21.3 Å². The normalized spacial score (nSPS) is 15.4. The lowest BCUT2D eigenvalue weighted by Gasteiger charge is -2.32. The summed E-state index contributed by atoms with van der Waals surface area (Å²) in [6, 6.07) is 6.48. The van der Waals surface area contributed by atoms with Gasteiger partial charge in [0, 0.05) is 49.5 Å². The van der Waals surface area contributed by atoms with Crippen molar-refractivity contribution in [2.24, 2.45) is 0 Å². The van der Waals surface area contributed by atoms with Crippen LogP contribution in [0.4, 0.5) is 5.82 Å². The van der Waals surface area contributed by atoms with Crippen LogP contribution in [0, 0.1) is 11.3 Å². The summed E-state index contributed by atoms with van der Waals surface area (Å²) in [4.78, 5) is 20.7. The Hall–Kier alpha value is -2.17. The van der Waals surface area contributed by atoms with Crippen molar-refractivity contribution >= 4 is 17.2 Å². The molecule has 0 unspecified atom stereocenters. The predicted molar refractivity (Wildman–Crippen MR) is 95.3 cm³/mol. The van der Waals surface area contributed by atoms with E-state index in [9.17, 15) is 4.79 Å². The maximum atomic E-state index is 12.3. The van der Waals surface area contributed by atoms with Gasteiger partial charge in [-0.15, -0.1) is 11.3 Å². The lowest BCUT2D eigenvalue weighted by molar-refractivity contribution is 0.413. The Labute approximate surface area is 145 Å². The molecule has 0 saturated carbocycles. The average molecular weight is 343 g/mol. The van der Waals surface area contributed by atoms with E-state index in [4.69, 9.17) is 5.26 Å². The van der Waals surface area contributed by atoms with Gasteiger partial charge < -0.3 is 14.8 Å². The molecule has 0 aromatic carbocycles. The molecular weight excluding hydrogens is 322 g/mol. The third kappa shape index (κ3) is 3.66. The average Bonchev–Trinajstić information content (AvgIpc) is 3.09. The fraction of sp³-hybridized carbons (Fsp3) is 0.471. The zero-order valence-corrected chi connectivity index (χ0v) is 14.6. The molecule has 0 amide bonds. The Morgan fingerprint density at radius 2 is 2.21 bits per heavy atom. The summed E-state index contributed by atoms with van der Waals surface area (Å²) in [5.41, 5.74) is -0.00553. The quantitative estimate of drug-likeness (QED) is 0.898. The van der Waals surface area contributed by atoms with Crippen LogP contribution in [0.25, 0.3) is 0 Å². The molecule has 1 fully saturated rings. The second-order valence-corrected chi connectivity index (χ2v) is 7.03. The Morgan fingerprint density at radius 1 is 1.42 bits per heavy atom. The van der Waals surface area contributed by atoms with Crippen molar-refractivity contribution in [2.75, 3.05) is 18.0 Å². The molecule has 3 heterocycles. The number of nitrogens with zero attached hydrogens (tertiary/aromatic N) is 4. The first-order valence-electron chi connectivity index (χ1n) is 8.24. The number of anilines is 1.